The molecule has 2 rings (SSSR count). The Morgan fingerprint density at radius 2 is 2.21 bits per heavy atom. The molecule has 0 saturated carbocycles. The van der Waals surface area contributed by atoms with Crippen molar-refractivity contribution in [3.8, 4) is 0 Å². The van der Waals surface area contributed by atoms with Gasteiger partial charge in [-0.25, -0.2) is 4.79 Å². The predicted octanol–water partition coefficient (Wildman–Crippen LogP) is 2.17. The Morgan fingerprint density at radius 1 is 1.53 bits per heavy atom. The van der Waals surface area contributed by atoms with E-state index >= 15 is 0 Å². The van der Waals surface area contributed by atoms with Crippen LogP contribution in [0.5, 0.6) is 0 Å². The summed E-state index contributed by atoms with van der Waals surface area (Å²) in [5.41, 5.74) is 5.29. The van der Waals surface area contributed by atoms with Gasteiger partial charge in [-0.15, -0.1) is 0 Å². The first-order valence-corrected chi connectivity index (χ1v) is 5.35. The normalized spacial score (nSPS) is 12.3. The van der Waals surface area contributed by atoms with Crippen molar-refractivity contribution in [3.63, 3.8) is 0 Å². The number of carbonyl (C=O) groups excluding carboxylic acids is 1. The van der Waals surface area contributed by atoms with Gasteiger partial charge in [-0.05, 0) is 19.1 Å². The molecule has 0 aliphatic carbocycles. The lowest BCUT2D eigenvalue weighted by Gasteiger charge is -2.17. The number of rotatable bonds is 3. The lowest BCUT2D eigenvalue weighted by molar-refractivity contribution is -0.384. The highest BCUT2D eigenvalue weighted by atomic mass is 16.6. The van der Waals surface area contributed by atoms with Crippen molar-refractivity contribution in [3.05, 3.63) is 40.1 Å². The third kappa shape index (κ3) is 2.33. The summed E-state index contributed by atoms with van der Waals surface area (Å²) in [7, 11) is 0. The standard InChI is InChI=1S/C11H11N3O5/c1-6(13(16)11(12)15)10-5-7-4-8(14(17)18)2-3-9(7)19-10/h2-6,16H,1H3,(H2,12,15). The number of amides is 2. The number of primary amides is 1. The van der Waals surface area contributed by atoms with E-state index in [1.165, 1.54) is 31.2 Å². The SMILES string of the molecule is CC(c1cc2cc([N+](=O)[O-])ccc2o1)N(O)C(N)=O. The number of non-ortho nitro benzene ring substituents is 1. The highest BCUT2D eigenvalue weighted by molar-refractivity contribution is 5.80. The number of hydrogen-bond acceptors (Lipinski definition) is 5. The molecule has 0 bridgehead atoms. The minimum atomic E-state index is -1.01. The Hall–Kier alpha value is -2.61. The number of hydroxylamine groups is 2. The number of carbonyl (C=O) groups is 1. The molecule has 2 aromatic rings. The van der Waals surface area contributed by atoms with Gasteiger partial charge in [-0.2, -0.15) is 5.06 Å². The van der Waals surface area contributed by atoms with E-state index in [0.717, 1.165) is 0 Å². The molecule has 100 valence electrons. The number of nitrogens with zero attached hydrogens (tertiary/aromatic N) is 2. The molecular weight excluding hydrogens is 254 g/mol. The maximum absolute atomic E-state index is 10.8. The minimum Gasteiger partial charge on any atom is -0.459 e. The van der Waals surface area contributed by atoms with E-state index in [1.54, 1.807) is 0 Å². The van der Waals surface area contributed by atoms with E-state index in [2.05, 4.69) is 0 Å². The van der Waals surface area contributed by atoms with E-state index in [9.17, 15) is 20.1 Å². The van der Waals surface area contributed by atoms with Crippen molar-refractivity contribution >= 4 is 22.7 Å². The molecule has 0 spiro atoms. The van der Waals surface area contributed by atoms with Gasteiger partial charge in [-0.1, -0.05) is 0 Å². The third-order valence-electron chi connectivity index (χ3n) is 2.73. The van der Waals surface area contributed by atoms with Gasteiger partial charge >= 0.3 is 6.03 Å². The van der Waals surface area contributed by atoms with E-state index in [-0.39, 0.29) is 11.4 Å². The molecule has 0 aliphatic heterocycles. The fourth-order valence-electron chi connectivity index (χ4n) is 1.68. The first-order valence-electron chi connectivity index (χ1n) is 5.35. The summed E-state index contributed by atoms with van der Waals surface area (Å²) in [6.45, 7) is 1.51. The number of nitro benzene ring substituents is 1. The van der Waals surface area contributed by atoms with E-state index in [4.69, 9.17) is 10.2 Å². The molecule has 1 heterocycles. The highest BCUT2D eigenvalue weighted by Gasteiger charge is 2.21. The maximum atomic E-state index is 10.8. The minimum absolute atomic E-state index is 0.0664. The highest BCUT2D eigenvalue weighted by Crippen LogP contribution is 2.29. The molecule has 1 atom stereocenters. The van der Waals surface area contributed by atoms with E-state index in [0.29, 0.717) is 16.0 Å². The monoisotopic (exact) mass is 265 g/mol. The second-order valence-electron chi connectivity index (χ2n) is 3.99. The van der Waals surface area contributed by atoms with Crippen LogP contribution in [-0.4, -0.2) is 21.2 Å². The van der Waals surface area contributed by atoms with Crippen molar-refractivity contribution < 1.29 is 19.3 Å². The Kier molecular flexibility index (Phi) is 3.09. The Balaban J connectivity index is 2.41. The number of furan rings is 1. The zero-order chi connectivity index (χ0) is 14.2. The van der Waals surface area contributed by atoms with Crippen LogP contribution in [0, 0.1) is 10.1 Å². The molecule has 0 saturated heterocycles. The summed E-state index contributed by atoms with van der Waals surface area (Å²) in [4.78, 5) is 21.0. The molecule has 1 aromatic heterocycles. The average Bonchev–Trinajstić information content (AvgIpc) is 2.79. The van der Waals surface area contributed by atoms with Crippen molar-refractivity contribution in [2.45, 2.75) is 13.0 Å². The summed E-state index contributed by atoms with van der Waals surface area (Å²) in [5, 5.41) is 20.9. The number of hydrogen-bond donors (Lipinski definition) is 2. The second kappa shape index (κ2) is 4.58. The molecule has 3 N–H and O–H groups in total. The summed E-state index contributed by atoms with van der Waals surface area (Å²) < 4.78 is 5.40. The molecule has 2 amide bonds. The lowest BCUT2D eigenvalue weighted by atomic mass is 10.2. The van der Waals surface area contributed by atoms with Gasteiger partial charge in [0.25, 0.3) is 5.69 Å². The van der Waals surface area contributed by atoms with Gasteiger partial charge in [-0.3, -0.25) is 15.3 Å². The molecule has 8 nitrogen and oxygen atoms in total. The zero-order valence-electron chi connectivity index (χ0n) is 9.94. The fraction of sp³-hybridized carbons (Fsp3) is 0.182. The summed E-state index contributed by atoms with van der Waals surface area (Å²) in [6.07, 6.45) is 0. The molecule has 1 unspecified atom stereocenters. The van der Waals surface area contributed by atoms with Gasteiger partial charge in [0, 0.05) is 17.5 Å². The van der Waals surface area contributed by atoms with Crippen molar-refractivity contribution in [1.29, 1.82) is 0 Å². The topological polar surface area (TPSA) is 123 Å². The van der Waals surface area contributed by atoms with Gasteiger partial charge in [0.05, 0.1) is 4.92 Å². The number of fused-ring (bicyclic) bond motifs is 1. The first-order chi connectivity index (χ1) is 8.90. The van der Waals surface area contributed by atoms with Crippen LogP contribution in [0.4, 0.5) is 10.5 Å². The molecule has 1 aromatic carbocycles. The molecule has 8 heteroatoms. The van der Waals surface area contributed by atoms with Crippen LogP contribution in [-0.2, 0) is 0 Å². The Bertz CT molecular complexity index is 651. The number of benzene rings is 1. The lowest BCUT2D eigenvalue weighted by Crippen LogP contribution is -2.34. The van der Waals surface area contributed by atoms with Crippen LogP contribution in [0.15, 0.2) is 28.7 Å². The number of urea groups is 1. The Labute approximate surface area is 107 Å². The Morgan fingerprint density at radius 3 is 2.79 bits per heavy atom. The summed E-state index contributed by atoms with van der Waals surface area (Å²) in [5.74, 6) is 0.275. The van der Waals surface area contributed by atoms with Gasteiger partial charge < -0.3 is 10.2 Å². The van der Waals surface area contributed by atoms with Crippen LogP contribution in [0.3, 0.4) is 0 Å². The van der Waals surface area contributed by atoms with E-state index < -0.39 is 17.0 Å². The first kappa shape index (κ1) is 12.8. The quantitative estimate of drug-likeness (QED) is 0.500. The maximum Gasteiger partial charge on any atom is 0.339 e. The largest absolute Gasteiger partial charge is 0.459 e. The molecule has 19 heavy (non-hydrogen) atoms. The van der Waals surface area contributed by atoms with Gasteiger partial charge in [0.2, 0.25) is 0 Å². The smallest absolute Gasteiger partial charge is 0.339 e. The zero-order valence-corrected chi connectivity index (χ0v) is 9.94. The van der Waals surface area contributed by atoms with Crippen molar-refractivity contribution in [1.82, 2.24) is 5.06 Å². The van der Waals surface area contributed by atoms with E-state index in [1.807, 2.05) is 0 Å². The summed E-state index contributed by atoms with van der Waals surface area (Å²) in [6, 6.07) is 3.82. The third-order valence-corrected chi connectivity index (χ3v) is 2.73. The molecular formula is C11H11N3O5. The van der Waals surface area contributed by atoms with Crippen molar-refractivity contribution in [2.24, 2.45) is 5.73 Å². The average molecular weight is 265 g/mol. The molecule has 0 aliphatic rings. The van der Waals surface area contributed by atoms with Crippen LogP contribution in [0.25, 0.3) is 11.0 Å². The van der Waals surface area contributed by atoms with Crippen LogP contribution < -0.4 is 5.73 Å². The number of nitrogens with two attached hydrogens (primary N) is 1. The fourth-order valence-corrected chi connectivity index (χ4v) is 1.68. The number of nitro groups is 1. The molecule has 0 radical (unpaired) electrons. The van der Waals surface area contributed by atoms with Crippen LogP contribution in [0.1, 0.15) is 18.7 Å². The summed E-state index contributed by atoms with van der Waals surface area (Å²) >= 11 is 0. The van der Waals surface area contributed by atoms with Gasteiger partial charge in [0.1, 0.15) is 17.4 Å². The van der Waals surface area contributed by atoms with Crippen LogP contribution in [0.2, 0.25) is 0 Å². The molecule has 0 fully saturated rings. The van der Waals surface area contributed by atoms with Gasteiger partial charge in [0.15, 0.2) is 0 Å². The second-order valence-corrected chi connectivity index (χ2v) is 3.99. The predicted molar refractivity (Wildman–Crippen MR) is 64.5 cm³/mol. The van der Waals surface area contributed by atoms with Crippen molar-refractivity contribution in [2.75, 3.05) is 0 Å². The van der Waals surface area contributed by atoms with Crippen LogP contribution >= 0.6 is 0 Å².